The molecule has 154 valence electrons. The summed E-state index contributed by atoms with van der Waals surface area (Å²) >= 11 is 0. The second kappa shape index (κ2) is 8.65. The van der Waals surface area contributed by atoms with E-state index in [0.717, 1.165) is 67.0 Å². The molecule has 3 aromatic rings. The van der Waals surface area contributed by atoms with Crippen molar-refractivity contribution in [2.24, 2.45) is 0 Å². The average molecular weight is 397 g/mol. The zero-order valence-electron chi connectivity index (χ0n) is 16.9. The van der Waals surface area contributed by atoms with Gasteiger partial charge in [0.25, 0.3) is 5.91 Å². The van der Waals surface area contributed by atoms with Gasteiger partial charge in [-0.3, -0.25) is 4.79 Å². The van der Waals surface area contributed by atoms with Crippen LogP contribution in [0.25, 0.3) is 11.0 Å². The number of fused-ring (bicyclic) bond motifs is 1. The van der Waals surface area contributed by atoms with E-state index < -0.39 is 0 Å². The van der Waals surface area contributed by atoms with E-state index >= 15 is 0 Å². The van der Waals surface area contributed by atoms with Gasteiger partial charge in [-0.25, -0.2) is 9.67 Å². The molecule has 8 nitrogen and oxygen atoms in total. The van der Waals surface area contributed by atoms with Crippen molar-refractivity contribution in [3.63, 3.8) is 0 Å². The minimum absolute atomic E-state index is 0.165. The molecule has 1 fully saturated rings. The molecule has 4 heterocycles. The predicted molar refractivity (Wildman–Crippen MR) is 110 cm³/mol. The summed E-state index contributed by atoms with van der Waals surface area (Å²) in [7, 11) is 0. The first kappa shape index (κ1) is 19.4. The standard InChI is InChI=1S/C21H27N5O3/c1-3-18-16(11-22-21(27)14-5-8-29-13-14)19(24-15-6-9-28-10-7-15)17-12-23-26(4-2)20(17)25-18/h5,8,12-13,15H,3-4,6-7,9-11H2,1-2H3,(H,22,27)(H,24,25). The number of rotatable bonds is 7. The maximum absolute atomic E-state index is 12.4. The summed E-state index contributed by atoms with van der Waals surface area (Å²) in [5.41, 5.74) is 4.39. The molecular weight excluding hydrogens is 370 g/mol. The molecule has 0 atom stereocenters. The number of nitrogens with zero attached hydrogens (tertiary/aromatic N) is 3. The monoisotopic (exact) mass is 397 g/mol. The summed E-state index contributed by atoms with van der Waals surface area (Å²) < 4.78 is 12.4. The highest BCUT2D eigenvalue weighted by atomic mass is 16.5. The molecule has 29 heavy (non-hydrogen) atoms. The quantitative estimate of drug-likeness (QED) is 0.636. The van der Waals surface area contributed by atoms with Gasteiger partial charge in [0.2, 0.25) is 0 Å². The fraction of sp³-hybridized carbons (Fsp3) is 0.476. The molecule has 0 bridgehead atoms. The van der Waals surface area contributed by atoms with Crippen LogP contribution in [0, 0.1) is 0 Å². The highest BCUT2D eigenvalue weighted by Crippen LogP contribution is 2.31. The number of ether oxygens (including phenoxy) is 1. The van der Waals surface area contributed by atoms with E-state index in [1.165, 1.54) is 12.5 Å². The van der Waals surface area contributed by atoms with Crippen molar-refractivity contribution >= 4 is 22.6 Å². The summed E-state index contributed by atoms with van der Waals surface area (Å²) in [5.74, 6) is -0.165. The Balaban J connectivity index is 1.71. The van der Waals surface area contributed by atoms with Crippen LogP contribution in [0.4, 0.5) is 5.69 Å². The summed E-state index contributed by atoms with van der Waals surface area (Å²) in [6.07, 6.45) is 7.49. The second-order valence-corrected chi connectivity index (χ2v) is 7.19. The summed E-state index contributed by atoms with van der Waals surface area (Å²) in [6, 6.07) is 1.98. The van der Waals surface area contributed by atoms with Crippen LogP contribution in [0.2, 0.25) is 0 Å². The molecule has 0 spiro atoms. The van der Waals surface area contributed by atoms with Crippen LogP contribution >= 0.6 is 0 Å². The van der Waals surface area contributed by atoms with Gasteiger partial charge in [0.15, 0.2) is 5.65 Å². The SMILES string of the molecule is CCc1nc2c(cnn2CC)c(NC2CCOCC2)c1CNC(=O)c1ccoc1. The van der Waals surface area contributed by atoms with E-state index in [0.29, 0.717) is 18.2 Å². The first-order chi connectivity index (χ1) is 14.2. The number of hydrogen-bond acceptors (Lipinski definition) is 6. The number of furan rings is 1. The van der Waals surface area contributed by atoms with Crippen LogP contribution in [-0.2, 0) is 24.2 Å². The Labute approximate surface area is 169 Å². The topological polar surface area (TPSA) is 94.2 Å². The molecule has 1 aliphatic rings. The Hall–Kier alpha value is -2.87. The zero-order chi connectivity index (χ0) is 20.2. The molecule has 0 saturated carbocycles. The van der Waals surface area contributed by atoms with Crippen molar-refractivity contribution in [1.29, 1.82) is 0 Å². The summed E-state index contributed by atoms with van der Waals surface area (Å²) in [4.78, 5) is 17.3. The van der Waals surface area contributed by atoms with Gasteiger partial charge in [-0.1, -0.05) is 6.92 Å². The fourth-order valence-electron chi connectivity index (χ4n) is 3.76. The van der Waals surface area contributed by atoms with Gasteiger partial charge in [0.1, 0.15) is 6.26 Å². The summed E-state index contributed by atoms with van der Waals surface area (Å²) in [6.45, 7) is 6.80. The molecular formula is C21H27N5O3. The molecule has 4 rings (SSSR count). The summed E-state index contributed by atoms with van der Waals surface area (Å²) in [5, 5.41) is 12.2. The number of carbonyl (C=O) groups excluding carboxylic acids is 1. The van der Waals surface area contributed by atoms with Gasteiger partial charge in [-0.15, -0.1) is 0 Å². The third-order valence-corrected chi connectivity index (χ3v) is 5.39. The first-order valence-corrected chi connectivity index (χ1v) is 10.2. The van der Waals surface area contributed by atoms with Crippen LogP contribution in [0.15, 0.2) is 29.2 Å². The number of hydrogen-bond donors (Lipinski definition) is 2. The molecule has 0 unspecified atom stereocenters. The first-order valence-electron chi connectivity index (χ1n) is 10.2. The van der Waals surface area contributed by atoms with Crippen molar-refractivity contribution in [2.45, 2.75) is 52.2 Å². The van der Waals surface area contributed by atoms with Gasteiger partial charge in [-0.2, -0.15) is 5.10 Å². The van der Waals surface area contributed by atoms with Gasteiger partial charge >= 0.3 is 0 Å². The van der Waals surface area contributed by atoms with Crippen LogP contribution < -0.4 is 10.6 Å². The number of anilines is 1. The van der Waals surface area contributed by atoms with Crippen molar-refractivity contribution in [3.8, 4) is 0 Å². The molecule has 1 saturated heterocycles. The van der Waals surface area contributed by atoms with Crippen LogP contribution in [0.3, 0.4) is 0 Å². The number of carbonyl (C=O) groups is 1. The third-order valence-electron chi connectivity index (χ3n) is 5.39. The lowest BCUT2D eigenvalue weighted by Gasteiger charge is -2.26. The van der Waals surface area contributed by atoms with Crippen molar-refractivity contribution < 1.29 is 13.9 Å². The Morgan fingerprint density at radius 2 is 2.14 bits per heavy atom. The number of aryl methyl sites for hydroxylation is 2. The lowest BCUT2D eigenvalue weighted by atomic mass is 10.0. The highest BCUT2D eigenvalue weighted by Gasteiger charge is 2.22. The van der Waals surface area contributed by atoms with E-state index in [9.17, 15) is 4.79 Å². The normalized spacial score (nSPS) is 15.0. The van der Waals surface area contributed by atoms with Crippen LogP contribution in [-0.4, -0.2) is 39.9 Å². The van der Waals surface area contributed by atoms with E-state index in [2.05, 4.69) is 29.6 Å². The van der Waals surface area contributed by atoms with E-state index in [1.54, 1.807) is 6.07 Å². The molecule has 8 heteroatoms. The molecule has 1 amide bonds. The molecule has 0 aromatic carbocycles. The Morgan fingerprint density at radius 3 is 2.83 bits per heavy atom. The number of nitrogens with one attached hydrogen (secondary N) is 2. The zero-order valence-corrected chi connectivity index (χ0v) is 16.9. The van der Waals surface area contributed by atoms with Crippen molar-refractivity contribution in [1.82, 2.24) is 20.1 Å². The maximum Gasteiger partial charge on any atom is 0.254 e. The fourth-order valence-corrected chi connectivity index (χ4v) is 3.76. The van der Waals surface area contributed by atoms with Crippen LogP contribution in [0.5, 0.6) is 0 Å². The largest absolute Gasteiger partial charge is 0.472 e. The van der Waals surface area contributed by atoms with Crippen molar-refractivity contribution in [3.05, 3.63) is 41.6 Å². The third kappa shape index (κ3) is 3.98. The molecule has 0 aliphatic carbocycles. The van der Waals surface area contributed by atoms with Gasteiger partial charge in [0, 0.05) is 43.6 Å². The number of pyridine rings is 1. The maximum atomic E-state index is 12.4. The Kier molecular flexibility index (Phi) is 5.80. The molecule has 3 aromatic heterocycles. The second-order valence-electron chi connectivity index (χ2n) is 7.19. The lowest BCUT2D eigenvalue weighted by molar-refractivity contribution is 0.0904. The Bertz CT molecular complexity index is 974. The van der Waals surface area contributed by atoms with Gasteiger partial charge < -0.3 is 19.8 Å². The molecule has 0 radical (unpaired) electrons. The van der Waals surface area contributed by atoms with Crippen molar-refractivity contribution in [2.75, 3.05) is 18.5 Å². The van der Waals surface area contributed by atoms with E-state index in [-0.39, 0.29) is 5.91 Å². The smallest absolute Gasteiger partial charge is 0.254 e. The average Bonchev–Trinajstić information content (AvgIpc) is 3.43. The van der Waals surface area contributed by atoms with E-state index in [1.807, 2.05) is 10.9 Å². The highest BCUT2D eigenvalue weighted by molar-refractivity contribution is 5.95. The van der Waals surface area contributed by atoms with Crippen LogP contribution in [0.1, 0.15) is 48.3 Å². The van der Waals surface area contributed by atoms with Gasteiger partial charge in [0.05, 0.1) is 29.1 Å². The molecule has 2 N–H and O–H groups in total. The predicted octanol–water partition coefficient (Wildman–Crippen LogP) is 3.13. The lowest BCUT2D eigenvalue weighted by Crippen LogP contribution is -2.30. The Morgan fingerprint density at radius 1 is 1.31 bits per heavy atom. The van der Waals surface area contributed by atoms with Gasteiger partial charge in [-0.05, 0) is 32.3 Å². The molecule has 1 aliphatic heterocycles. The van der Waals surface area contributed by atoms with E-state index in [4.69, 9.17) is 14.1 Å². The minimum atomic E-state index is -0.165. The number of amides is 1. The minimum Gasteiger partial charge on any atom is -0.472 e. The number of aromatic nitrogens is 3.